The second-order valence-electron chi connectivity index (χ2n) is 4.96. The van der Waals surface area contributed by atoms with Gasteiger partial charge in [0.05, 0.1) is 5.69 Å². The largest absolute Gasteiger partial charge is 0.484 e. The molecule has 0 saturated carbocycles. The molecule has 0 spiro atoms. The minimum Gasteiger partial charge on any atom is -0.484 e. The highest BCUT2D eigenvalue weighted by Gasteiger charge is 2.15. The van der Waals surface area contributed by atoms with Crippen LogP contribution in [-0.2, 0) is 11.2 Å². The predicted octanol–water partition coefficient (Wildman–Crippen LogP) is 1.82. The van der Waals surface area contributed by atoms with Crippen molar-refractivity contribution < 1.29 is 14.3 Å². The van der Waals surface area contributed by atoms with E-state index >= 15 is 0 Å². The summed E-state index contributed by atoms with van der Waals surface area (Å²) in [5, 5.41) is 6.71. The van der Waals surface area contributed by atoms with E-state index in [9.17, 15) is 9.59 Å². The first kappa shape index (κ1) is 16.9. The number of likely N-dealkylation sites (N-methyl/N-ethyl adjacent to an activating group) is 1. The lowest BCUT2D eigenvalue weighted by molar-refractivity contribution is -0.130. The number of hydrogen-bond acceptors (Lipinski definition) is 6. The Balaban J connectivity index is 1.95. The number of anilines is 1. The van der Waals surface area contributed by atoms with Crippen molar-refractivity contribution >= 4 is 29.0 Å². The van der Waals surface area contributed by atoms with Gasteiger partial charge in [0.15, 0.2) is 6.61 Å². The number of benzene rings is 1. The van der Waals surface area contributed by atoms with E-state index in [1.807, 2.05) is 6.92 Å². The van der Waals surface area contributed by atoms with E-state index in [0.717, 1.165) is 11.5 Å². The number of nitrogens with one attached hydrogen (secondary N) is 1. The number of rotatable bonds is 6. The van der Waals surface area contributed by atoms with Crippen molar-refractivity contribution in [2.24, 2.45) is 0 Å². The number of ether oxygens (including phenoxy) is 1. The van der Waals surface area contributed by atoms with E-state index in [-0.39, 0.29) is 18.4 Å². The molecule has 7 nitrogen and oxygen atoms in total. The zero-order chi connectivity index (χ0) is 16.8. The molecule has 1 aromatic carbocycles. The quantitative estimate of drug-likeness (QED) is 0.871. The minimum atomic E-state index is -0.228. The predicted molar refractivity (Wildman–Crippen MR) is 87.9 cm³/mol. The highest BCUT2D eigenvalue weighted by Crippen LogP contribution is 2.18. The van der Waals surface area contributed by atoms with Crippen LogP contribution in [0.2, 0.25) is 0 Å². The summed E-state index contributed by atoms with van der Waals surface area (Å²) in [4.78, 5) is 25.6. The summed E-state index contributed by atoms with van der Waals surface area (Å²) in [6.07, 6.45) is 0.659. The first-order valence-corrected chi connectivity index (χ1v) is 7.84. The lowest BCUT2D eigenvalue weighted by Crippen LogP contribution is -2.27. The first-order chi connectivity index (χ1) is 11.0. The highest BCUT2D eigenvalue weighted by atomic mass is 32.1. The van der Waals surface area contributed by atoms with Gasteiger partial charge in [-0.1, -0.05) is 11.4 Å². The van der Waals surface area contributed by atoms with Crippen molar-refractivity contribution in [3.8, 4) is 5.75 Å². The molecule has 0 aliphatic rings. The van der Waals surface area contributed by atoms with Crippen LogP contribution in [0.25, 0.3) is 0 Å². The van der Waals surface area contributed by atoms with E-state index in [4.69, 9.17) is 4.74 Å². The third-order valence-corrected chi connectivity index (χ3v) is 3.84. The third kappa shape index (κ3) is 4.49. The topological polar surface area (TPSA) is 84.4 Å². The van der Waals surface area contributed by atoms with Crippen LogP contribution in [0.15, 0.2) is 24.3 Å². The molecule has 0 aliphatic heterocycles. The van der Waals surface area contributed by atoms with E-state index < -0.39 is 0 Å². The number of aryl methyl sites for hydroxylation is 1. The average Bonchev–Trinajstić information content (AvgIpc) is 3.02. The van der Waals surface area contributed by atoms with E-state index in [0.29, 0.717) is 28.4 Å². The minimum absolute atomic E-state index is 0.0227. The Hall–Kier alpha value is -2.48. The fourth-order valence-corrected chi connectivity index (χ4v) is 2.35. The summed E-state index contributed by atoms with van der Waals surface area (Å²) in [6.45, 7) is 1.90. The van der Waals surface area contributed by atoms with Crippen LogP contribution in [-0.4, -0.2) is 47.0 Å². The van der Waals surface area contributed by atoms with Crippen LogP contribution in [0.4, 0.5) is 5.69 Å². The number of carbonyl (C=O) groups is 2. The number of aromatic nitrogens is 2. The second-order valence-corrected chi connectivity index (χ2v) is 5.71. The summed E-state index contributed by atoms with van der Waals surface area (Å²) in [7, 11) is 3.34. The van der Waals surface area contributed by atoms with Gasteiger partial charge in [-0.05, 0) is 42.2 Å². The number of nitrogens with zero attached hydrogens (tertiary/aromatic N) is 3. The normalized spacial score (nSPS) is 10.2. The van der Waals surface area contributed by atoms with Crippen LogP contribution in [0.3, 0.4) is 0 Å². The summed E-state index contributed by atoms with van der Waals surface area (Å²) < 4.78 is 9.18. The number of amides is 2. The maximum Gasteiger partial charge on any atom is 0.269 e. The van der Waals surface area contributed by atoms with E-state index in [2.05, 4.69) is 14.9 Å². The van der Waals surface area contributed by atoms with Gasteiger partial charge in [-0.25, -0.2) is 0 Å². The third-order valence-electron chi connectivity index (χ3n) is 3.07. The molecule has 1 aromatic heterocycles. The Morgan fingerprint density at radius 3 is 2.57 bits per heavy atom. The van der Waals surface area contributed by atoms with E-state index in [1.165, 1.54) is 4.90 Å². The Morgan fingerprint density at radius 2 is 1.96 bits per heavy atom. The highest BCUT2D eigenvalue weighted by molar-refractivity contribution is 7.08. The van der Waals surface area contributed by atoms with Crippen LogP contribution >= 0.6 is 11.5 Å². The van der Waals surface area contributed by atoms with Gasteiger partial charge in [-0.15, -0.1) is 5.10 Å². The molecule has 0 atom stereocenters. The summed E-state index contributed by atoms with van der Waals surface area (Å²) in [5.74, 6) is 0.215. The standard InChI is InChI=1S/C15H18N4O3S/c1-4-12-14(23-18-17-12)15(21)16-10-5-7-11(8-6-10)22-9-13(20)19(2)3/h5-8H,4,9H2,1-3H3,(H,16,21). The van der Waals surface area contributed by atoms with Crippen molar-refractivity contribution in [3.63, 3.8) is 0 Å². The van der Waals surface area contributed by atoms with Gasteiger partial charge in [0.2, 0.25) is 0 Å². The molecule has 8 heteroatoms. The van der Waals surface area contributed by atoms with Crippen molar-refractivity contribution in [3.05, 3.63) is 34.8 Å². The number of hydrogen-bond donors (Lipinski definition) is 1. The molecule has 0 saturated heterocycles. The Labute approximate surface area is 138 Å². The molecule has 0 bridgehead atoms. The maximum atomic E-state index is 12.2. The van der Waals surface area contributed by atoms with Gasteiger partial charge < -0.3 is 15.0 Å². The summed E-state index contributed by atoms with van der Waals surface area (Å²) in [5.41, 5.74) is 1.33. The second kappa shape index (κ2) is 7.68. The molecule has 23 heavy (non-hydrogen) atoms. The van der Waals surface area contributed by atoms with Crippen LogP contribution in [0.5, 0.6) is 5.75 Å². The molecule has 1 heterocycles. The van der Waals surface area contributed by atoms with Gasteiger partial charge in [0.1, 0.15) is 10.6 Å². The fraction of sp³-hybridized carbons (Fsp3) is 0.333. The summed E-state index contributed by atoms with van der Waals surface area (Å²) >= 11 is 1.08. The van der Waals surface area contributed by atoms with Crippen molar-refractivity contribution in [2.75, 3.05) is 26.0 Å². The molecule has 0 fully saturated rings. The first-order valence-electron chi connectivity index (χ1n) is 7.06. The molecule has 2 rings (SSSR count). The van der Waals surface area contributed by atoms with Gasteiger partial charge >= 0.3 is 0 Å². The Bertz CT molecular complexity index is 682. The molecule has 0 radical (unpaired) electrons. The SMILES string of the molecule is CCc1nnsc1C(=O)Nc1ccc(OCC(=O)N(C)C)cc1. The van der Waals surface area contributed by atoms with Crippen LogP contribution in [0, 0.1) is 0 Å². The smallest absolute Gasteiger partial charge is 0.269 e. The molecule has 1 N–H and O–H groups in total. The number of carbonyl (C=O) groups excluding carboxylic acids is 2. The van der Waals surface area contributed by atoms with Crippen LogP contribution in [0.1, 0.15) is 22.3 Å². The van der Waals surface area contributed by atoms with Crippen molar-refractivity contribution in [1.29, 1.82) is 0 Å². The van der Waals surface area contributed by atoms with Crippen molar-refractivity contribution in [1.82, 2.24) is 14.5 Å². The molecular formula is C15H18N4O3S. The molecular weight excluding hydrogens is 316 g/mol. The maximum absolute atomic E-state index is 12.2. The van der Waals surface area contributed by atoms with Gasteiger partial charge in [0, 0.05) is 19.8 Å². The van der Waals surface area contributed by atoms with Gasteiger partial charge in [-0.2, -0.15) is 0 Å². The molecule has 0 aliphatic carbocycles. The zero-order valence-electron chi connectivity index (χ0n) is 13.2. The average molecular weight is 334 g/mol. The molecule has 0 unspecified atom stereocenters. The van der Waals surface area contributed by atoms with E-state index in [1.54, 1.807) is 38.4 Å². The lowest BCUT2D eigenvalue weighted by atomic mass is 10.2. The Kier molecular flexibility index (Phi) is 5.64. The van der Waals surface area contributed by atoms with Crippen LogP contribution < -0.4 is 10.1 Å². The monoisotopic (exact) mass is 334 g/mol. The molecule has 122 valence electrons. The van der Waals surface area contributed by atoms with Crippen molar-refractivity contribution in [2.45, 2.75) is 13.3 Å². The lowest BCUT2D eigenvalue weighted by Gasteiger charge is -2.11. The van der Waals surface area contributed by atoms with Gasteiger partial charge in [0.25, 0.3) is 11.8 Å². The summed E-state index contributed by atoms with van der Waals surface area (Å²) in [6, 6.07) is 6.83. The van der Waals surface area contributed by atoms with Gasteiger partial charge in [-0.3, -0.25) is 9.59 Å². The molecule has 2 aromatic rings. The molecule has 2 amide bonds. The zero-order valence-corrected chi connectivity index (χ0v) is 14.0. The fourth-order valence-electron chi connectivity index (χ4n) is 1.71. The Morgan fingerprint density at radius 1 is 1.26 bits per heavy atom.